The van der Waals surface area contributed by atoms with E-state index in [4.69, 9.17) is 0 Å². The Bertz CT molecular complexity index is 322. The molecule has 0 aliphatic heterocycles. The average Bonchev–Trinajstić information content (AvgIpc) is 2.35. The summed E-state index contributed by atoms with van der Waals surface area (Å²) in [5.41, 5.74) is 1.34. The number of nitrogens with one attached hydrogen (secondary N) is 1. The molecular weight excluding hydrogens is 288 g/mol. The first-order valence-electron chi connectivity index (χ1n) is 6.75. The largest absolute Gasteiger partial charge is 0.313 e. The van der Waals surface area contributed by atoms with Crippen molar-refractivity contribution in [3.8, 4) is 0 Å². The molecule has 0 aliphatic carbocycles. The van der Waals surface area contributed by atoms with E-state index in [9.17, 15) is 0 Å². The van der Waals surface area contributed by atoms with Gasteiger partial charge in [0.15, 0.2) is 0 Å². The normalized spacial score (nSPS) is 11.4. The number of benzene rings is 1. The second-order valence-corrected chi connectivity index (χ2v) is 6.00. The van der Waals surface area contributed by atoms with E-state index in [0.29, 0.717) is 6.04 Å². The van der Waals surface area contributed by atoms with Crippen molar-refractivity contribution in [2.75, 3.05) is 20.1 Å². The third-order valence-corrected chi connectivity index (χ3v) is 3.77. The third-order valence-electron chi connectivity index (χ3n) is 3.24. The van der Waals surface area contributed by atoms with E-state index in [2.05, 4.69) is 71.3 Å². The molecule has 0 fully saturated rings. The molecule has 0 saturated heterocycles. The van der Waals surface area contributed by atoms with Crippen LogP contribution in [-0.2, 0) is 6.54 Å². The van der Waals surface area contributed by atoms with Gasteiger partial charge in [-0.05, 0) is 64.5 Å². The second-order valence-electron chi connectivity index (χ2n) is 5.08. The van der Waals surface area contributed by atoms with E-state index >= 15 is 0 Å². The van der Waals surface area contributed by atoms with Gasteiger partial charge in [0.1, 0.15) is 0 Å². The quantitative estimate of drug-likeness (QED) is 0.737. The SMILES string of the molecule is CC(C)N(C)CCCCNCc1ccc(Br)cc1. The lowest BCUT2D eigenvalue weighted by Crippen LogP contribution is -2.27. The maximum Gasteiger partial charge on any atom is 0.0205 e. The van der Waals surface area contributed by atoms with E-state index in [-0.39, 0.29) is 0 Å². The Morgan fingerprint density at radius 3 is 2.44 bits per heavy atom. The molecule has 0 bridgehead atoms. The lowest BCUT2D eigenvalue weighted by molar-refractivity contribution is 0.268. The summed E-state index contributed by atoms with van der Waals surface area (Å²) in [6.45, 7) is 7.74. The second kappa shape index (κ2) is 8.68. The van der Waals surface area contributed by atoms with E-state index in [1.807, 2.05) is 0 Å². The molecule has 0 spiro atoms. The fourth-order valence-electron chi connectivity index (χ4n) is 1.70. The average molecular weight is 313 g/mol. The van der Waals surface area contributed by atoms with Crippen LogP contribution >= 0.6 is 15.9 Å². The predicted octanol–water partition coefficient (Wildman–Crippen LogP) is 3.66. The fraction of sp³-hybridized carbons (Fsp3) is 0.600. The topological polar surface area (TPSA) is 15.3 Å². The molecule has 1 aromatic rings. The summed E-state index contributed by atoms with van der Waals surface area (Å²) < 4.78 is 1.14. The van der Waals surface area contributed by atoms with Crippen molar-refractivity contribution in [3.63, 3.8) is 0 Å². The first kappa shape index (κ1) is 15.7. The zero-order chi connectivity index (χ0) is 13.4. The standard InChI is InChI=1S/C15H25BrN2/c1-13(2)18(3)11-5-4-10-17-12-14-6-8-15(16)9-7-14/h6-9,13,17H,4-5,10-12H2,1-3H3. The molecule has 0 heterocycles. The lowest BCUT2D eigenvalue weighted by atomic mass is 10.2. The van der Waals surface area contributed by atoms with Crippen LogP contribution in [0.3, 0.4) is 0 Å². The van der Waals surface area contributed by atoms with Crippen molar-refractivity contribution in [3.05, 3.63) is 34.3 Å². The van der Waals surface area contributed by atoms with Gasteiger partial charge in [-0.3, -0.25) is 0 Å². The van der Waals surface area contributed by atoms with Gasteiger partial charge in [-0.15, -0.1) is 0 Å². The lowest BCUT2D eigenvalue weighted by Gasteiger charge is -2.20. The van der Waals surface area contributed by atoms with Gasteiger partial charge in [-0.1, -0.05) is 28.1 Å². The highest BCUT2D eigenvalue weighted by Crippen LogP contribution is 2.10. The molecule has 0 amide bonds. The number of rotatable bonds is 8. The van der Waals surface area contributed by atoms with Crippen LogP contribution in [-0.4, -0.2) is 31.1 Å². The van der Waals surface area contributed by atoms with E-state index < -0.39 is 0 Å². The van der Waals surface area contributed by atoms with Gasteiger partial charge in [0.2, 0.25) is 0 Å². The molecule has 0 aromatic heterocycles. The molecular formula is C15H25BrN2. The molecule has 0 saturated carbocycles. The molecule has 1 rings (SSSR count). The van der Waals surface area contributed by atoms with Gasteiger partial charge in [0.25, 0.3) is 0 Å². The molecule has 1 aromatic carbocycles. The van der Waals surface area contributed by atoms with Gasteiger partial charge in [0.05, 0.1) is 0 Å². The van der Waals surface area contributed by atoms with E-state index in [1.165, 1.54) is 24.9 Å². The maximum absolute atomic E-state index is 3.49. The molecule has 2 nitrogen and oxygen atoms in total. The summed E-state index contributed by atoms with van der Waals surface area (Å²) in [7, 11) is 2.19. The van der Waals surface area contributed by atoms with Crippen molar-refractivity contribution >= 4 is 15.9 Å². The minimum absolute atomic E-state index is 0.653. The molecule has 102 valence electrons. The summed E-state index contributed by atoms with van der Waals surface area (Å²) in [4.78, 5) is 2.40. The van der Waals surface area contributed by atoms with Crippen LogP contribution in [0.4, 0.5) is 0 Å². The number of hydrogen-bond acceptors (Lipinski definition) is 2. The highest BCUT2D eigenvalue weighted by atomic mass is 79.9. The van der Waals surface area contributed by atoms with E-state index in [0.717, 1.165) is 17.6 Å². The van der Waals surface area contributed by atoms with Crippen molar-refractivity contribution in [2.24, 2.45) is 0 Å². The summed E-state index contributed by atoms with van der Waals surface area (Å²) in [6, 6.07) is 9.15. The summed E-state index contributed by atoms with van der Waals surface area (Å²) in [5, 5.41) is 3.49. The van der Waals surface area contributed by atoms with E-state index in [1.54, 1.807) is 0 Å². The van der Waals surface area contributed by atoms with Crippen molar-refractivity contribution < 1.29 is 0 Å². The zero-order valence-corrected chi connectivity index (χ0v) is 13.3. The Morgan fingerprint density at radius 1 is 1.17 bits per heavy atom. The molecule has 18 heavy (non-hydrogen) atoms. The Kier molecular flexibility index (Phi) is 7.56. The van der Waals surface area contributed by atoms with Crippen LogP contribution in [0.2, 0.25) is 0 Å². The number of unbranched alkanes of at least 4 members (excludes halogenated alkanes) is 1. The summed E-state index contributed by atoms with van der Waals surface area (Å²) in [6.07, 6.45) is 2.51. The molecule has 0 aliphatic rings. The van der Waals surface area contributed by atoms with Gasteiger partial charge < -0.3 is 10.2 Å². The zero-order valence-electron chi connectivity index (χ0n) is 11.7. The highest BCUT2D eigenvalue weighted by molar-refractivity contribution is 9.10. The van der Waals surface area contributed by atoms with Crippen molar-refractivity contribution in [2.45, 2.75) is 39.3 Å². The minimum Gasteiger partial charge on any atom is -0.313 e. The van der Waals surface area contributed by atoms with Gasteiger partial charge in [0, 0.05) is 17.1 Å². The summed E-state index contributed by atoms with van der Waals surface area (Å²) >= 11 is 3.45. The summed E-state index contributed by atoms with van der Waals surface area (Å²) in [5.74, 6) is 0. The maximum atomic E-state index is 3.49. The monoisotopic (exact) mass is 312 g/mol. The van der Waals surface area contributed by atoms with Crippen LogP contribution in [0.1, 0.15) is 32.3 Å². The van der Waals surface area contributed by atoms with Gasteiger partial charge in [-0.25, -0.2) is 0 Å². The molecule has 3 heteroatoms. The molecule has 1 N–H and O–H groups in total. The highest BCUT2D eigenvalue weighted by Gasteiger charge is 2.01. The molecule has 0 atom stereocenters. The molecule has 0 unspecified atom stereocenters. The molecule has 0 radical (unpaired) electrons. The van der Waals surface area contributed by atoms with Crippen LogP contribution in [0.5, 0.6) is 0 Å². The fourth-order valence-corrected chi connectivity index (χ4v) is 1.97. The first-order valence-corrected chi connectivity index (χ1v) is 7.54. The van der Waals surface area contributed by atoms with Crippen LogP contribution in [0.15, 0.2) is 28.7 Å². The van der Waals surface area contributed by atoms with Crippen molar-refractivity contribution in [1.82, 2.24) is 10.2 Å². The van der Waals surface area contributed by atoms with Gasteiger partial charge >= 0.3 is 0 Å². The number of hydrogen-bond donors (Lipinski definition) is 1. The third kappa shape index (κ3) is 6.53. The van der Waals surface area contributed by atoms with Crippen LogP contribution < -0.4 is 5.32 Å². The Hall–Kier alpha value is -0.380. The smallest absolute Gasteiger partial charge is 0.0205 e. The number of nitrogens with zero attached hydrogens (tertiary/aromatic N) is 1. The first-order chi connectivity index (χ1) is 8.59. The Labute approximate surface area is 120 Å². The predicted molar refractivity (Wildman–Crippen MR) is 82.8 cm³/mol. The van der Waals surface area contributed by atoms with Gasteiger partial charge in [-0.2, -0.15) is 0 Å². The Morgan fingerprint density at radius 2 is 1.83 bits per heavy atom. The van der Waals surface area contributed by atoms with Crippen LogP contribution in [0.25, 0.3) is 0 Å². The number of halogens is 1. The Balaban J connectivity index is 2.03. The van der Waals surface area contributed by atoms with Crippen LogP contribution in [0, 0.1) is 0 Å². The minimum atomic E-state index is 0.653. The van der Waals surface area contributed by atoms with Crippen molar-refractivity contribution in [1.29, 1.82) is 0 Å².